The van der Waals surface area contributed by atoms with Gasteiger partial charge in [-0.1, -0.05) is 24.0 Å². The van der Waals surface area contributed by atoms with Crippen molar-refractivity contribution < 1.29 is 14.3 Å². The highest BCUT2D eigenvalue weighted by Gasteiger charge is 2.09. The first-order chi connectivity index (χ1) is 9.20. The average molecular weight is 272 g/mol. The molecule has 0 spiro atoms. The maximum Gasteiger partial charge on any atom is 0.371 e. The highest BCUT2D eigenvalue weighted by molar-refractivity contribution is 7.80. The third-order valence-corrected chi connectivity index (χ3v) is 2.68. The van der Waals surface area contributed by atoms with Gasteiger partial charge in [-0.15, -0.1) is 0 Å². The molecule has 1 heterocycles. The molecule has 0 atom stereocenters. The van der Waals surface area contributed by atoms with E-state index in [1.165, 1.54) is 6.07 Å². The fraction of sp³-hybridized carbons (Fsp3) is 0.133. The summed E-state index contributed by atoms with van der Waals surface area (Å²) in [6.45, 7) is 0. The lowest BCUT2D eigenvalue weighted by molar-refractivity contribution is 0.0663. The largest absolute Gasteiger partial charge is 0.475 e. The Hall–Kier alpha value is -2.12. The Morgan fingerprint density at radius 3 is 2.53 bits per heavy atom. The zero-order chi connectivity index (χ0) is 13.7. The van der Waals surface area contributed by atoms with Gasteiger partial charge in [0, 0.05) is 23.3 Å². The summed E-state index contributed by atoms with van der Waals surface area (Å²) in [4.78, 5) is 10.7. The Kier molecular flexibility index (Phi) is 4.32. The molecule has 0 aliphatic rings. The molecule has 1 aromatic heterocycles. The number of thiol groups is 1. The van der Waals surface area contributed by atoms with E-state index < -0.39 is 5.97 Å². The lowest BCUT2D eigenvalue weighted by Gasteiger charge is -1.97. The molecular weight excluding hydrogens is 260 g/mol. The molecule has 2 rings (SSSR count). The number of furan rings is 1. The van der Waals surface area contributed by atoms with Crippen LogP contribution in [0.5, 0.6) is 0 Å². The summed E-state index contributed by atoms with van der Waals surface area (Å²) in [5.74, 6) is 6.17. The van der Waals surface area contributed by atoms with E-state index in [1.54, 1.807) is 6.07 Å². The molecule has 4 heteroatoms. The van der Waals surface area contributed by atoms with E-state index in [0.717, 1.165) is 23.3 Å². The van der Waals surface area contributed by atoms with E-state index in [4.69, 9.17) is 9.52 Å². The fourth-order valence-corrected chi connectivity index (χ4v) is 1.66. The van der Waals surface area contributed by atoms with Gasteiger partial charge >= 0.3 is 5.97 Å². The molecule has 0 radical (unpaired) electrons. The topological polar surface area (TPSA) is 50.4 Å². The number of carbonyl (C=O) groups is 1. The second kappa shape index (κ2) is 6.17. The normalized spacial score (nSPS) is 9.74. The van der Waals surface area contributed by atoms with Crippen molar-refractivity contribution in [1.29, 1.82) is 0 Å². The molecule has 0 saturated carbocycles. The lowest BCUT2D eigenvalue weighted by Crippen LogP contribution is -1.91. The minimum atomic E-state index is -1.07. The van der Waals surface area contributed by atoms with Crippen LogP contribution in [0.1, 0.15) is 22.5 Å². The predicted molar refractivity (Wildman–Crippen MR) is 76.5 cm³/mol. The molecule has 0 aliphatic carbocycles. The van der Waals surface area contributed by atoms with Crippen LogP contribution in [0.25, 0.3) is 11.3 Å². The zero-order valence-electron chi connectivity index (χ0n) is 10.1. The standard InChI is InChI=1S/C15H12O3S/c16-15(17)14-9-8-13(18-14)12-6-4-11(5-7-12)3-1-2-10-19/h4-9,19H,2,10H2,(H,16,17). The van der Waals surface area contributed by atoms with Crippen molar-refractivity contribution in [3.63, 3.8) is 0 Å². The molecule has 1 aromatic carbocycles. The monoisotopic (exact) mass is 272 g/mol. The molecule has 3 nitrogen and oxygen atoms in total. The summed E-state index contributed by atoms with van der Waals surface area (Å²) in [5.41, 5.74) is 1.74. The molecule has 0 fully saturated rings. The number of carboxylic acid groups (broad SMARTS) is 1. The molecule has 19 heavy (non-hydrogen) atoms. The highest BCUT2D eigenvalue weighted by Crippen LogP contribution is 2.22. The minimum Gasteiger partial charge on any atom is -0.475 e. The molecule has 0 saturated heterocycles. The Labute approximate surface area is 116 Å². The Morgan fingerprint density at radius 1 is 1.21 bits per heavy atom. The van der Waals surface area contributed by atoms with Gasteiger partial charge in [-0.05, 0) is 24.3 Å². The zero-order valence-corrected chi connectivity index (χ0v) is 11.0. The van der Waals surface area contributed by atoms with Crippen LogP contribution >= 0.6 is 12.6 Å². The van der Waals surface area contributed by atoms with Gasteiger partial charge in [0.2, 0.25) is 5.76 Å². The van der Waals surface area contributed by atoms with Crippen molar-refractivity contribution in [3.05, 3.63) is 47.7 Å². The van der Waals surface area contributed by atoms with E-state index in [2.05, 4.69) is 24.5 Å². The van der Waals surface area contributed by atoms with Gasteiger partial charge in [0.25, 0.3) is 0 Å². The maximum absolute atomic E-state index is 10.7. The predicted octanol–water partition coefficient (Wildman–Crippen LogP) is 3.32. The summed E-state index contributed by atoms with van der Waals surface area (Å²) in [6, 6.07) is 10.6. The van der Waals surface area contributed by atoms with Crippen molar-refractivity contribution in [2.24, 2.45) is 0 Å². The Morgan fingerprint density at radius 2 is 1.95 bits per heavy atom. The van der Waals surface area contributed by atoms with Gasteiger partial charge in [0.15, 0.2) is 0 Å². The van der Waals surface area contributed by atoms with E-state index in [9.17, 15) is 4.79 Å². The third kappa shape index (κ3) is 3.43. The van der Waals surface area contributed by atoms with Gasteiger partial charge in [-0.2, -0.15) is 12.6 Å². The third-order valence-electron chi connectivity index (χ3n) is 2.46. The molecule has 0 unspecified atom stereocenters. The van der Waals surface area contributed by atoms with Gasteiger partial charge in [-0.25, -0.2) is 4.79 Å². The van der Waals surface area contributed by atoms with Crippen molar-refractivity contribution in [3.8, 4) is 23.2 Å². The lowest BCUT2D eigenvalue weighted by atomic mass is 10.1. The number of hydrogen-bond donors (Lipinski definition) is 2. The molecule has 0 bridgehead atoms. The molecule has 0 aliphatic heterocycles. The number of benzene rings is 1. The quantitative estimate of drug-likeness (QED) is 0.665. The van der Waals surface area contributed by atoms with Crippen molar-refractivity contribution in [2.75, 3.05) is 5.75 Å². The summed E-state index contributed by atoms with van der Waals surface area (Å²) in [6.07, 6.45) is 0.755. The van der Waals surface area contributed by atoms with E-state index in [-0.39, 0.29) is 5.76 Å². The maximum atomic E-state index is 10.7. The number of aromatic carboxylic acids is 1. The number of hydrogen-bond acceptors (Lipinski definition) is 3. The summed E-state index contributed by atoms with van der Waals surface area (Å²) < 4.78 is 5.22. The molecule has 1 N–H and O–H groups in total. The first-order valence-electron chi connectivity index (χ1n) is 5.74. The summed E-state index contributed by atoms with van der Waals surface area (Å²) >= 11 is 4.09. The van der Waals surface area contributed by atoms with Gasteiger partial charge in [0.05, 0.1) is 0 Å². The Balaban J connectivity index is 2.18. The average Bonchev–Trinajstić information content (AvgIpc) is 2.90. The molecule has 0 amide bonds. The molecular formula is C15H12O3S. The fourth-order valence-electron chi connectivity index (χ4n) is 1.55. The highest BCUT2D eigenvalue weighted by atomic mass is 32.1. The van der Waals surface area contributed by atoms with Crippen LogP contribution in [0.3, 0.4) is 0 Å². The van der Waals surface area contributed by atoms with E-state index in [0.29, 0.717) is 5.76 Å². The van der Waals surface area contributed by atoms with Crippen LogP contribution in [-0.4, -0.2) is 16.8 Å². The van der Waals surface area contributed by atoms with Crippen molar-refractivity contribution in [2.45, 2.75) is 6.42 Å². The molecule has 96 valence electrons. The van der Waals surface area contributed by atoms with E-state index >= 15 is 0 Å². The van der Waals surface area contributed by atoms with Crippen molar-refractivity contribution in [1.82, 2.24) is 0 Å². The first-order valence-corrected chi connectivity index (χ1v) is 6.37. The minimum absolute atomic E-state index is 0.0624. The van der Waals surface area contributed by atoms with Gasteiger partial charge in [-0.3, -0.25) is 0 Å². The SMILES string of the molecule is O=C(O)c1ccc(-c2ccc(C#CCCS)cc2)o1. The Bertz CT molecular complexity index is 629. The molecule has 2 aromatic rings. The van der Waals surface area contributed by atoms with E-state index in [1.807, 2.05) is 24.3 Å². The van der Waals surface area contributed by atoms with Gasteiger partial charge in [0.1, 0.15) is 5.76 Å². The smallest absolute Gasteiger partial charge is 0.371 e. The van der Waals surface area contributed by atoms with Crippen molar-refractivity contribution >= 4 is 18.6 Å². The van der Waals surface area contributed by atoms with Crippen LogP contribution in [0.4, 0.5) is 0 Å². The summed E-state index contributed by atoms with van der Waals surface area (Å²) in [7, 11) is 0. The first kappa shape index (κ1) is 13.3. The van der Waals surface area contributed by atoms with Crippen LogP contribution in [0, 0.1) is 11.8 Å². The van der Waals surface area contributed by atoms with Crippen LogP contribution in [0.2, 0.25) is 0 Å². The van der Waals surface area contributed by atoms with Crippen LogP contribution < -0.4 is 0 Å². The van der Waals surface area contributed by atoms with Crippen LogP contribution in [-0.2, 0) is 0 Å². The second-order valence-corrected chi connectivity index (χ2v) is 4.27. The van der Waals surface area contributed by atoms with Crippen LogP contribution in [0.15, 0.2) is 40.8 Å². The number of carboxylic acids is 1. The summed E-state index contributed by atoms with van der Waals surface area (Å²) in [5, 5.41) is 8.79. The number of rotatable bonds is 3. The van der Waals surface area contributed by atoms with Gasteiger partial charge < -0.3 is 9.52 Å². The second-order valence-electron chi connectivity index (χ2n) is 3.82.